The van der Waals surface area contributed by atoms with Gasteiger partial charge in [-0.25, -0.2) is 29.9 Å². The van der Waals surface area contributed by atoms with Crippen LogP contribution in [0.3, 0.4) is 0 Å². The largest absolute Gasteiger partial charge is 0.309 e. The maximum absolute atomic E-state index is 5.20. The molecule has 32 aromatic rings. The Balaban J connectivity index is 0.000000102. The predicted molar refractivity (Wildman–Crippen MR) is 618 cm³/mol. The molecule has 12 nitrogen and oxygen atoms in total. The maximum Gasteiger partial charge on any atom is 0.235 e. The lowest BCUT2D eigenvalue weighted by Crippen LogP contribution is -2.00. The summed E-state index contributed by atoms with van der Waals surface area (Å²) < 4.78 is 20.8. The first-order chi connectivity index (χ1) is 72.9. The van der Waals surface area contributed by atoms with Gasteiger partial charge < -0.3 is 13.7 Å². The second-order valence-corrected chi connectivity index (χ2v) is 40.9. The molecule has 0 N–H and O–H groups in total. The van der Waals surface area contributed by atoms with E-state index in [1.165, 1.54) is 178 Å². The minimum atomic E-state index is 0.686. The maximum atomic E-state index is 5.20. The average molecular weight is 1930 g/mol. The van der Waals surface area contributed by atoms with Crippen molar-refractivity contribution in [3.63, 3.8) is 0 Å². The average Bonchev–Trinajstić information content (AvgIpc) is 1.56. The first-order valence-electron chi connectivity index (χ1n) is 49.4. The van der Waals surface area contributed by atoms with Crippen LogP contribution in [-0.2, 0) is 0 Å². The highest BCUT2D eigenvalue weighted by Crippen LogP contribution is 2.47. The van der Waals surface area contributed by atoms with E-state index in [2.05, 4.69) is 495 Å². The summed E-state index contributed by atoms with van der Waals surface area (Å²) in [5.74, 6) is 2.07. The first kappa shape index (κ1) is 83.8. The molecule has 0 aliphatic rings. The molecule has 0 radical (unpaired) electrons. The molecule has 0 saturated heterocycles. The SMILES string of the molecule is c1ccc(-c2ccc(-n3c4ccccc4c4cc(-c5ccc6c7ccccc7n(-c7ncc8sc9ccccc9c8n7)c6c5)ccc43)cc2)cc1.c1ccc(-c2cccc(-n3c4ccccc4c4cc(-c5ccc6c7ccccc7n(-c7ncc8sc9ccccc9c8n7)c6c5)ccc43)c2)cc1.c1ccc(-n2c3ccccc3c3cc(-c4ccc5c(c4)c4ccccc4n5-c4ncc5sc6ccccc6c5n4)ccc32)cc1. The fourth-order valence-electron chi connectivity index (χ4n) is 22.7. The van der Waals surface area contributed by atoms with Gasteiger partial charge in [-0.15, -0.1) is 34.0 Å². The van der Waals surface area contributed by atoms with Crippen molar-refractivity contribution in [2.45, 2.75) is 0 Å². The molecule has 0 spiro atoms. The molecule has 0 amide bonds. The van der Waals surface area contributed by atoms with Gasteiger partial charge in [-0.05, 0) is 207 Å². The molecule has 20 aromatic carbocycles. The fourth-order valence-corrected chi connectivity index (χ4v) is 25.7. The van der Waals surface area contributed by atoms with Gasteiger partial charge in [0, 0.05) is 112 Å². The van der Waals surface area contributed by atoms with E-state index >= 15 is 0 Å². The van der Waals surface area contributed by atoms with Crippen LogP contribution < -0.4 is 0 Å². The Bertz CT molecular complexity index is 11000. The number of benzene rings is 20. The van der Waals surface area contributed by atoms with Gasteiger partial charge in [0.2, 0.25) is 17.8 Å². The smallest absolute Gasteiger partial charge is 0.235 e. The fraction of sp³-hybridized carbons (Fsp3) is 0. The van der Waals surface area contributed by atoms with Gasteiger partial charge in [-0.2, -0.15) is 0 Å². The van der Waals surface area contributed by atoms with Gasteiger partial charge >= 0.3 is 0 Å². The lowest BCUT2D eigenvalue weighted by Gasteiger charge is -2.11. The van der Waals surface area contributed by atoms with Crippen LogP contribution >= 0.6 is 34.0 Å². The van der Waals surface area contributed by atoms with Gasteiger partial charge in [0.1, 0.15) is 0 Å². The predicted octanol–water partition coefficient (Wildman–Crippen LogP) is 35.5. The number of hydrogen-bond acceptors (Lipinski definition) is 9. The van der Waals surface area contributed by atoms with Crippen molar-refractivity contribution in [3.05, 3.63) is 486 Å². The summed E-state index contributed by atoms with van der Waals surface area (Å²) in [5, 5.41) is 18.1. The number of nitrogens with zero attached hydrogens (tertiary/aromatic N) is 12. The summed E-state index contributed by atoms with van der Waals surface area (Å²) in [6.07, 6.45) is 5.93. The minimum absolute atomic E-state index is 0.686. The highest BCUT2D eigenvalue weighted by Gasteiger charge is 2.26. The van der Waals surface area contributed by atoms with Crippen LogP contribution in [0.5, 0.6) is 0 Å². The van der Waals surface area contributed by atoms with Gasteiger partial charge in [-0.1, -0.05) is 315 Å². The molecule has 0 fully saturated rings. The van der Waals surface area contributed by atoms with Gasteiger partial charge in [0.25, 0.3) is 0 Å². The highest BCUT2D eigenvalue weighted by atomic mass is 32.1. The monoisotopic (exact) mass is 1930 g/mol. The van der Waals surface area contributed by atoms with Crippen LogP contribution in [0.15, 0.2) is 486 Å². The summed E-state index contributed by atoms with van der Waals surface area (Å²) in [6.45, 7) is 0. The van der Waals surface area contributed by atoms with Crippen molar-refractivity contribution >= 4 is 226 Å². The lowest BCUT2D eigenvalue weighted by molar-refractivity contribution is 1.01. The van der Waals surface area contributed by atoms with E-state index in [0.29, 0.717) is 17.8 Å². The third-order valence-electron chi connectivity index (χ3n) is 29.4. The normalized spacial score (nSPS) is 11.9. The van der Waals surface area contributed by atoms with Crippen molar-refractivity contribution in [3.8, 4) is 90.5 Å². The molecule has 0 saturated carbocycles. The second kappa shape index (κ2) is 33.9. The van der Waals surface area contributed by atoms with Crippen molar-refractivity contribution in [2.75, 3.05) is 0 Å². The lowest BCUT2D eigenvalue weighted by atomic mass is 10.0. The van der Waals surface area contributed by atoms with E-state index in [-0.39, 0.29) is 0 Å². The van der Waals surface area contributed by atoms with Crippen LogP contribution in [0.4, 0.5) is 0 Å². The summed E-state index contributed by atoms with van der Waals surface area (Å²) in [5.41, 5.74) is 32.1. The number of aromatic nitrogens is 12. The third kappa shape index (κ3) is 13.7. The molecular formula is C132H80N12S3. The molecule has 0 aliphatic heterocycles. The molecule has 0 bridgehead atoms. The Morgan fingerprint density at radius 1 is 0.136 bits per heavy atom. The van der Waals surface area contributed by atoms with Crippen LogP contribution in [0.2, 0.25) is 0 Å². The Labute approximate surface area is 852 Å². The number of para-hydroxylation sites is 7. The van der Waals surface area contributed by atoms with Gasteiger partial charge in [0.05, 0.1) is 115 Å². The van der Waals surface area contributed by atoms with Crippen LogP contribution in [0.1, 0.15) is 0 Å². The minimum Gasteiger partial charge on any atom is -0.309 e. The van der Waals surface area contributed by atoms with Crippen LogP contribution in [0.25, 0.3) is 282 Å². The highest BCUT2D eigenvalue weighted by molar-refractivity contribution is 7.26. The zero-order valence-electron chi connectivity index (χ0n) is 78.8. The molecule has 147 heavy (non-hydrogen) atoms. The molecule has 15 heteroatoms. The molecule has 32 rings (SSSR count). The van der Waals surface area contributed by atoms with E-state index in [0.717, 1.165) is 86.3 Å². The van der Waals surface area contributed by atoms with Gasteiger partial charge in [-0.3, -0.25) is 13.7 Å². The Morgan fingerprint density at radius 2 is 0.367 bits per heavy atom. The van der Waals surface area contributed by atoms with Crippen LogP contribution in [-0.4, -0.2) is 57.3 Å². The van der Waals surface area contributed by atoms with Crippen LogP contribution in [0, 0.1) is 0 Å². The molecular weight excluding hydrogens is 1850 g/mol. The topological polar surface area (TPSA) is 107 Å². The first-order valence-corrected chi connectivity index (χ1v) is 51.9. The molecule has 12 aromatic heterocycles. The summed E-state index contributed by atoms with van der Waals surface area (Å²) in [6, 6.07) is 168. The van der Waals surface area contributed by atoms with Crippen molar-refractivity contribution < 1.29 is 0 Å². The summed E-state index contributed by atoms with van der Waals surface area (Å²) in [4.78, 5) is 30.3. The standard InChI is InChI=1S/2C46H28N4S.C40H24N4S/c1-2-11-29(12-3-1)30-13-10-14-33(25-30)49-39-18-7-5-16-35(39)38-26-31(22-24-41(38)49)32-21-23-36-34-15-4-8-19-40(34)50(42(36)27-32)46-47-28-44-45(48-46)37-17-6-9-20-43(37)51-44;1-2-10-29(11-3-1)30-18-22-33(23-19-30)49-39-15-7-5-13-35(39)38-26-31(21-25-41(38)49)32-20-24-36-34-12-4-8-16-40(34)50(42(36)27-32)46-47-28-44-45(48-46)37-14-6-9-17-43(37)51-44;1-2-10-27(11-3-1)43-33-15-7-4-12-28(33)31-22-25(18-20-35(31)43)26-19-21-36-32(23-26)29-13-5-8-16-34(29)44(36)40-41-24-38-39(42-40)30-14-6-9-17-37(30)45-38/h2*1-28H;1-24H. The van der Waals surface area contributed by atoms with Crippen molar-refractivity contribution in [1.82, 2.24) is 57.3 Å². The number of thiophene rings is 3. The Kier molecular flexibility index (Phi) is 19.3. The third-order valence-corrected chi connectivity index (χ3v) is 32.7. The van der Waals surface area contributed by atoms with E-state index in [1.807, 2.05) is 18.6 Å². The summed E-state index contributed by atoms with van der Waals surface area (Å²) in [7, 11) is 0. The second-order valence-electron chi connectivity index (χ2n) is 37.6. The number of hydrogen-bond donors (Lipinski definition) is 0. The molecule has 12 heterocycles. The Hall–Kier alpha value is -18.9. The van der Waals surface area contributed by atoms with Crippen molar-refractivity contribution in [2.24, 2.45) is 0 Å². The number of rotatable bonds is 11. The molecule has 0 unspecified atom stereocenters. The molecule has 686 valence electrons. The number of fused-ring (bicyclic) bond motifs is 27. The van der Waals surface area contributed by atoms with Crippen molar-refractivity contribution in [1.29, 1.82) is 0 Å². The quantitative estimate of drug-likeness (QED) is 0.128. The zero-order chi connectivity index (χ0) is 96.4. The van der Waals surface area contributed by atoms with E-state index in [4.69, 9.17) is 29.9 Å². The van der Waals surface area contributed by atoms with Gasteiger partial charge in [0.15, 0.2) is 0 Å². The van der Waals surface area contributed by atoms with E-state index in [1.54, 1.807) is 34.0 Å². The summed E-state index contributed by atoms with van der Waals surface area (Å²) >= 11 is 5.22. The van der Waals surface area contributed by atoms with E-state index in [9.17, 15) is 0 Å². The zero-order valence-corrected chi connectivity index (χ0v) is 81.2. The Morgan fingerprint density at radius 3 is 0.741 bits per heavy atom. The molecule has 0 aliphatic carbocycles. The van der Waals surface area contributed by atoms with E-state index < -0.39 is 0 Å². The molecule has 0 atom stereocenters.